The average Bonchev–Trinajstić information content (AvgIpc) is 3.45. The van der Waals surface area contributed by atoms with Crippen LogP contribution in [-0.2, 0) is 26.1 Å². The fraction of sp³-hybridized carbons (Fsp3) is 0.292. The Morgan fingerprint density at radius 3 is 2.64 bits per heavy atom. The summed E-state index contributed by atoms with van der Waals surface area (Å²) in [6.07, 6.45) is 2.80. The van der Waals surface area contributed by atoms with Crippen molar-refractivity contribution in [3.8, 4) is 11.5 Å². The number of nitrogens with one attached hydrogen (secondary N) is 1. The molecule has 1 N–H and O–H groups in total. The molecule has 0 saturated heterocycles. The van der Waals surface area contributed by atoms with E-state index >= 15 is 0 Å². The Morgan fingerprint density at radius 2 is 1.82 bits per heavy atom. The third kappa shape index (κ3) is 3.47. The number of ether oxygens (including phenoxy) is 2. The molecule has 0 aliphatic carbocycles. The highest BCUT2D eigenvalue weighted by atomic mass is 79.9. The van der Waals surface area contributed by atoms with Crippen LogP contribution in [0.25, 0.3) is 10.9 Å². The highest BCUT2D eigenvalue weighted by Gasteiger charge is 2.27. The number of H-pyrrole nitrogens is 1. The summed E-state index contributed by atoms with van der Waals surface area (Å²) < 4.78 is 12.0. The second kappa shape index (κ2) is 7.91. The van der Waals surface area contributed by atoms with E-state index in [1.807, 2.05) is 30.5 Å². The molecule has 8 nitrogen and oxygen atoms in total. The highest BCUT2D eigenvalue weighted by molar-refractivity contribution is 9.10. The molecule has 0 saturated carbocycles. The summed E-state index contributed by atoms with van der Waals surface area (Å²) >= 11 is 3.73. The van der Waals surface area contributed by atoms with Crippen LogP contribution in [0.4, 0.5) is 11.8 Å². The number of nitrogens with zero attached hydrogens (tertiary/aromatic N) is 5. The Kier molecular flexibility index (Phi) is 4.86. The van der Waals surface area contributed by atoms with Gasteiger partial charge in [0, 0.05) is 35.1 Å². The molecule has 9 heteroatoms. The van der Waals surface area contributed by atoms with Gasteiger partial charge in [-0.2, -0.15) is 10.1 Å². The van der Waals surface area contributed by atoms with E-state index in [2.05, 4.69) is 42.0 Å². The Morgan fingerprint density at radius 1 is 0.939 bits per heavy atom. The third-order valence-corrected chi connectivity index (χ3v) is 7.18. The molecule has 4 aromatic rings. The third-order valence-electron chi connectivity index (χ3n) is 6.47. The summed E-state index contributed by atoms with van der Waals surface area (Å²) in [6, 6.07) is 10.1. The molecule has 0 fully saturated rings. The van der Waals surface area contributed by atoms with E-state index in [0.29, 0.717) is 0 Å². The van der Waals surface area contributed by atoms with Crippen molar-refractivity contribution in [2.75, 3.05) is 30.6 Å². The summed E-state index contributed by atoms with van der Waals surface area (Å²) in [5.41, 5.74) is 5.80. The second-order valence-corrected chi connectivity index (χ2v) is 9.23. The van der Waals surface area contributed by atoms with Gasteiger partial charge in [-0.1, -0.05) is 15.9 Å². The van der Waals surface area contributed by atoms with Gasteiger partial charge in [-0.05, 0) is 47.9 Å². The van der Waals surface area contributed by atoms with Gasteiger partial charge in [-0.3, -0.25) is 5.10 Å². The van der Waals surface area contributed by atoms with Gasteiger partial charge >= 0.3 is 0 Å². The number of benzene rings is 2. The van der Waals surface area contributed by atoms with Crippen molar-refractivity contribution in [3.63, 3.8) is 0 Å². The minimum Gasteiger partial charge on any atom is -0.497 e. The van der Waals surface area contributed by atoms with Gasteiger partial charge in [0.1, 0.15) is 17.3 Å². The van der Waals surface area contributed by atoms with Crippen molar-refractivity contribution in [1.29, 1.82) is 0 Å². The molecule has 4 heterocycles. The molecule has 33 heavy (non-hydrogen) atoms. The number of rotatable bonds is 4. The van der Waals surface area contributed by atoms with Crippen LogP contribution >= 0.6 is 15.9 Å². The first-order valence-corrected chi connectivity index (χ1v) is 11.6. The van der Waals surface area contributed by atoms with Crippen LogP contribution in [0.3, 0.4) is 0 Å². The molecular formula is C24H23BrN6O2. The topological polar surface area (TPSA) is 79.4 Å². The molecule has 2 aliphatic rings. The fourth-order valence-electron chi connectivity index (χ4n) is 4.68. The van der Waals surface area contributed by atoms with Crippen LogP contribution in [-0.4, -0.2) is 40.9 Å². The average molecular weight is 507 g/mol. The number of anilines is 2. The molecule has 168 valence electrons. The maximum atomic E-state index is 5.49. The molecule has 2 aromatic heterocycles. The zero-order valence-electron chi connectivity index (χ0n) is 18.4. The number of methoxy groups -OCH3 is 2. The van der Waals surface area contributed by atoms with Crippen molar-refractivity contribution in [3.05, 3.63) is 63.4 Å². The van der Waals surface area contributed by atoms with E-state index in [0.717, 1.165) is 76.9 Å². The molecule has 0 bridgehead atoms. The Balaban J connectivity index is 1.41. The molecule has 0 unspecified atom stereocenters. The predicted octanol–water partition coefficient (Wildman–Crippen LogP) is 4.22. The Hall–Kier alpha value is -3.33. The number of hydrogen-bond acceptors (Lipinski definition) is 7. The molecule has 0 spiro atoms. The molecule has 0 atom stereocenters. The Bertz CT molecular complexity index is 1350. The lowest BCUT2D eigenvalue weighted by Crippen LogP contribution is -2.32. The van der Waals surface area contributed by atoms with E-state index in [1.165, 1.54) is 16.7 Å². The van der Waals surface area contributed by atoms with E-state index in [4.69, 9.17) is 19.4 Å². The van der Waals surface area contributed by atoms with Gasteiger partial charge in [-0.25, -0.2) is 4.98 Å². The lowest BCUT2D eigenvalue weighted by molar-refractivity contribution is 0.413. The number of fused-ring (bicyclic) bond motifs is 3. The van der Waals surface area contributed by atoms with Gasteiger partial charge < -0.3 is 19.3 Å². The molecule has 2 aromatic carbocycles. The van der Waals surface area contributed by atoms with Gasteiger partial charge in [0.05, 0.1) is 38.2 Å². The van der Waals surface area contributed by atoms with E-state index in [9.17, 15) is 0 Å². The fourth-order valence-corrected chi connectivity index (χ4v) is 5.29. The van der Waals surface area contributed by atoms with Crippen LogP contribution in [0.15, 0.2) is 41.0 Å². The molecular weight excluding hydrogens is 484 g/mol. The van der Waals surface area contributed by atoms with Crippen molar-refractivity contribution < 1.29 is 9.47 Å². The first-order chi connectivity index (χ1) is 16.1. The first kappa shape index (κ1) is 20.3. The van der Waals surface area contributed by atoms with Gasteiger partial charge in [0.15, 0.2) is 0 Å². The maximum Gasteiger partial charge on any atom is 0.228 e. The minimum absolute atomic E-state index is 0.740. The lowest BCUT2D eigenvalue weighted by atomic mass is 9.99. The van der Waals surface area contributed by atoms with Crippen molar-refractivity contribution >= 4 is 38.6 Å². The predicted molar refractivity (Wildman–Crippen MR) is 130 cm³/mol. The quantitative estimate of drug-likeness (QED) is 0.443. The van der Waals surface area contributed by atoms with E-state index < -0.39 is 0 Å². The van der Waals surface area contributed by atoms with Crippen molar-refractivity contribution in [1.82, 2.24) is 20.2 Å². The standard InChI is InChI=1S/C24H23BrN6O2/c1-32-16-3-4-21-18(8-16)23(31-11-15-10-26-29-22(15)13-31)28-24(27-21)30-6-5-14-7-17(33-2)9-20(25)19(14)12-30/h3-4,7-10H,5-6,11-13H2,1-2H3,(H,26,29). The van der Waals surface area contributed by atoms with Crippen LogP contribution in [0.2, 0.25) is 0 Å². The van der Waals surface area contributed by atoms with E-state index in [-0.39, 0.29) is 0 Å². The second-order valence-electron chi connectivity index (χ2n) is 8.38. The summed E-state index contributed by atoms with van der Waals surface area (Å²) in [5, 5.41) is 8.26. The van der Waals surface area contributed by atoms with Crippen molar-refractivity contribution in [2.24, 2.45) is 0 Å². The molecule has 0 amide bonds. The number of aromatic nitrogens is 4. The lowest BCUT2D eigenvalue weighted by Gasteiger charge is -2.31. The number of aromatic amines is 1. The van der Waals surface area contributed by atoms with Crippen molar-refractivity contribution in [2.45, 2.75) is 26.1 Å². The zero-order chi connectivity index (χ0) is 22.5. The molecule has 2 aliphatic heterocycles. The maximum absolute atomic E-state index is 5.49. The van der Waals surface area contributed by atoms with Gasteiger partial charge in [0.2, 0.25) is 5.95 Å². The van der Waals surface area contributed by atoms with Crippen LogP contribution in [0, 0.1) is 0 Å². The summed E-state index contributed by atoms with van der Waals surface area (Å²) in [4.78, 5) is 14.6. The first-order valence-electron chi connectivity index (χ1n) is 10.8. The Labute approximate surface area is 199 Å². The number of hydrogen-bond donors (Lipinski definition) is 1. The highest BCUT2D eigenvalue weighted by Crippen LogP contribution is 2.36. The normalized spacial score (nSPS) is 15.0. The van der Waals surface area contributed by atoms with Gasteiger partial charge in [0.25, 0.3) is 0 Å². The zero-order valence-corrected chi connectivity index (χ0v) is 20.0. The summed E-state index contributed by atoms with van der Waals surface area (Å²) in [7, 11) is 3.38. The largest absolute Gasteiger partial charge is 0.497 e. The SMILES string of the molecule is COc1cc(Br)c2c(c1)CCN(c1nc(N3Cc4cn[nH]c4C3)c3cc(OC)ccc3n1)C2. The molecule has 0 radical (unpaired) electrons. The molecule has 6 rings (SSSR count). The van der Waals surface area contributed by atoms with Crippen LogP contribution in [0.1, 0.15) is 22.4 Å². The minimum atomic E-state index is 0.740. The summed E-state index contributed by atoms with van der Waals surface area (Å²) in [6.45, 7) is 3.09. The smallest absolute Gasteiger partial charge is 0.228 e. The summed E-state index contributed by atoms with van der Waals surface area (Å²) in [5.74, 6) is 3.33. The van der Waals surface area contributed by atoms with Crippen LogP contribution < -0.4 is 19.3 Å². The monoisotopic (exact) mass is 506 g/mol. The van der Waals surface area contributed by atoms with E-state index in [1.54, 1.807) is 14.2 Å². The van der Waals surface area contributed by atoms with Gasteiger partial charge in [-0.15, -0.1) is 0 Å². The number of halogens is 1. The van der Waals surface area contributed by atoms with Crippen LogP contribution in [0.5, 0.6) is 11.5 Å².